The quantitative estimate of drug-likeness (QED) is 0.739. The zero-order valence-electron chi connectivity index (χ0n) is 15.6. The van der Waals surface area contributed by atoms with Crippen LogP contribution >= 0.6 is 0 Å². The number of morpholine rings is 1. The first-order chi connectivity index (χ1) is 12.7. The molecule has 5 atom stereocenters. The van der Waals surface area contributed by atoms with E-state index in [1.54, 1.807) is 0 Å². The second kappa shape index (κ2) is 6.79. The third-order valence-electron chi connectivity index (χ3n) is 7.80. The summed E-state index contributed by atoms with van der Waals surface area (Å²) >= 11 is 0. The monoisotopic (exact) mass is 361 g/mol. The molecule has 0 N–H and O–H groups in total. The van der Waals surface area contributed by atoms with Crippen molar-refractivity contribution in [2.45, 2.75) is 25.7 Å². The van der Waals surface area contributed by atoms with Gasteiger partial charge in [0.05, 0.1) is 19.1 Å². The van der Waals surface area contributed by atoms with Crippen LogP contribution in [-0.2, 0) is 14.3 Å². The highest BCUT2D eigenvalue weighted by Crippen LogP contribution is 2.55. The van der Waals surface area contributed by atoms with Crippen LogP contribution in [0.25, 0.3) is 0 Å². The Labute approximate surface area is 155 Å². The van der Waals surface area contributed by atoms with E-state index in [-0.39, 0.29) is 17.7 Å². The van der Waals surface area contributed by atoms with E-state index in [0.29, 0.717) is 13.0 Å². The summed E-state index contributed by atoms with van der Waals surface area (Å²) in [7, 11) is 0. The van der Waals surface area contributed by atoms with Gasteiger partial charge in [0.15, 0.2) is 0 Å². The van der Waals surface area contributed by atoms with Crippen LogP contribution in [0.15, 0.2) is 0 Å². The maximum atomic E-state index is 13.0. The van der Waals surface area contributed by atoms with Crippen molar-refractivity contribution >= 4 is 11.8 Å². The average Bonchev–Trinajstić information content (AvgIpc) is 3.41. The largest absolute Gasteiger partial charge is 0.379 e. The zero-order chi connectivity index (χ0) is 17.7. The molecule has 26 heavy (non-hydrogen) atoms. The summed E-state index contributed by atoms with van der Waals surface area (Å²) in [6, 6.07) is 0. The van der Waals surface area contributed by atoms with Gasteiger partial charge in [0, 0.05) is 52.2 Å². The van der Waals surface area contributed by atoms with Crippen molar-refractivity contribution in [2.75, 3.05) is 59.0 Å². The smallest absolute Gasteiger partial charge is 0.228 e. The number of hydrogen-bond acceptors (Lipinski definition) is 4. The number of amides is 2. The highest BCUT2D eigenvalue weighted by atomic mass is 16.5. The zero-order valence-corrected chi connectivity index (χ0v) is 15.6. The molecule has 0 radical (unpaired) electrons. The van der Waals surface area contributed by atoms with Gasteiger partial charge in [-0.15, -0.1) is 0 Å². The fourth-order valence-corrected chi connectivity index (χ4v) is 6.36. The molecule has 3 saturated heterocycles. The van der Waals surface area contributed by atoms with Crippen molar-refractivity contribution in [3.8, 4) is 0 Å². The van der Waals surface area contributed by atoms with Crippen molar-refractivity contribution < 1.29 is 14.3 Å². The van der Waals surface area contributed by atoms with Gasteiger partial charge in [0.1, 0.15) is 0 Å². The van der Waals surface area contributed by atoms with Gasteiger partial charge < -0.3 is 14.5 Å². The highest BCUT2D eigenvalue weighted by molar-refractivity contribution is 5.89. The van der Waals surface area contributed by atoms with E-state index in [1.807, 2.05) is 4.90 Å². The molecule has 144 valence electrons. The normalized spacial score (nSPS) is 39.8. The van der Waals surface area contributed by atoms with Crippen LogP contribution in [0.5, 0.6) is 0 Å². The number of fused-ring (bicyclic) bond motifs is 5. The summed E-state index contributed by atoms with van der Waals surface area (Å²) in [4.78, 5) is 31.8. The second-order valence-electron chi connectivity index (χ2n) is 9.10. The predicted molar refractivity (Wildman–Crippen MR) is 96.3 cm³/mol. The van der Waals surface area contributed by atoms with Gasteiger partial charge in [-0.3, -0.25) is 14.5 Å². The van der Waals surface area contributed by atoms with Crippen molar-refractivity contribution in [1.82, 2.24) is 14.7 Å². The molecule has 2 amide bonds. The van der Waals surface area contributed by atoms with Crippen molar-refractivity contribution in [2.24, 2.45) is 29.6 Å². The first-order valence-electron chi connectivity index (χ1n) is 10.6. The molecule has 0 aromatic rings. The van der Waals surface area contributed by atoms with Crippen LogP contribution in [-0.4, -0.2) is 85.5 Å². The van der Waals surface area contributed by atoms with Crippen LogP contribution < -0.4 is 0 Å². The van der Waals surface area contributed by atoms with E-state index in [2.05, 4.69) is 9.80 Å². The van der Waals surface area contributed by atoms with Gasteiger partial charge in [0.25, 0.3) is 0 Å². The van der Waals surface area contributed by atoms with Crippen LogP contribution in [0.2, 0.25) is 0 Å². The van der Waals surface area contributed by atoms with E-state index in [9.17, 15) is 9.59 Å². The standard InChI is InChI=1S/C20H31N3O3/c24-19-10-16(11-22(19)4-3-21-5-7-26-8-6-21)20(25)23-12-17-14-1-2-15(9-14)18(17)13-23/h14-18H,1-13H2. The van der Waals surface area contributed by atoms with E-state index >= 15 is 0 Å². The van der Waals surface area contributed by atoms with E-state index in [4.69, 9.17) is 4.74 Å². The van der Waals surface area contributed by atoms with Crippen molar-refractivity contribution in [3.63, 3.8) is 0 Å². The first-order valence-corrected chi connectivity index (χ1v) is 10.6. The topological polar surface area (TPSA) is 53.1 Å². The van der Waals surface area contributed by atoms with Gasteiger partial charge >= 0.3 is 0 Å². The molecular formula is C20H31N3O3. The highest BCUT2D eigenvalue weighted by Gasteiger charge is 2.53. The molecule has 0 spiro atoms. The molecule has 0 aromatic carbocycles. The summed E-state index contributed by atoms with van der Waals surface area (Å²) in [5.41, 5.74) is 0. The maximum absolute atomic E-state index is 13.0. The predicted octanol–water partition coefficient (Wildman–Crippen LogP) is 0.672. The Morgan fingerprint density at radius 3 is 2.38 bits per heavy atom. The van der Waals surface area contributed by atoms with Gasteiger partial charge in [-0.1, -0.05) is 0 Å². The molecular weight excluding hydrogens is 330 g/mol. The van der Waals surface area contributed by atoms with Gasteiger partial charge in [-0.25, -0.2) is 0 Å². The molecule has 6 nitrogen and oxygen atoms in total. The van der Waals surface area contributed by atoms with Crippen molar-refractivity contribution in [3.05, 3.63) is 0 Å². The van der Waals surface area contributed by atoms with Crippen LogP contribution in [0, 0.1) is 29.6 Å². The molecule has 5 fully saturated rings. The number of ether oxygens (including phenoxy) is 1. The maximum Gasteiger partial charge on any atom is 0.228 e. The summed E-state index contributed by atoms with van der Waals surface area (Å²) in [6.07, 6.45) is 4.59. The lowest BCUT2D eigenvalue weighted by Crippen LogP contribution is -2.42. The minimum atomic E-state index is -0.108. The number of carbonyl (C=O) groups excluding carboxylic acids is 2. The minimum Gasteiger partial charge on any atom is -0.379 e. The van der Waals surface area contributed by atoms with Gasteiger partial charge in [-0.2, -0.15) is 0 Å². The molecule has 3 heterocycles. The number of nitrogens with zero attached hydrogens (tertiary/aromatic N) is 3. The summed E-state index contributed by atoms with van der Waals surface area (Å²) in [5, 5.41) is 0. The SMILES string of the molecule is O=C1CC(C(=O)N2CC3C4CCC(C4)C3C2)CN1CCN1CCOCC1. The lowest BCUT2D eigenvalue weighted by atomic mass is 9.82. The lowest BCUT2D eigenvalue weighted by Gasteiger charge is -2.28. The second-order valence-corrected chi connectivity index (χ2v) is 9.10. The number of carbonyl (C=O) groups is 2. The Balaban J connectivity index is 1.14. The molecule has 2 aliphatic carbocycles. The molecule has 0 aromatic heterocycles. The van der Waals surface area contributed by atoms with E-state index in [0.717, 1.165) is 76.2 Å². The van der Waals surface area contributed by atoms with Crippen LogP contribution in [0.3, 0.4) is 0 Å². The van der Waals surface area contributed by atoms with Crippen molar-refractivity contribution in [1.29, 1.82) is 0 Å². The molecule has 5 rings (SSSR count). The number of hydrogen-bond donors (Lipinski definition) is 0. The Bertz CT molecular complexity index is 559. The summed E-state index contributed by atoms with van der Waals surface area (Å²) in [5.74, 6) is 3.57. The fraction of sp³-hybridized carbons (Fsp3) is 0.900. The molecule has 6 heteroatoms. The molecule has 2 bridgehead atoms. The Kier molecular flexibility index (Phi) is 4.44. The van der Waals surface area contributed by atoms with Crippen LogP contribution in [0.1, 0.15) is 25.7 Å². The van der Waals surface area contributed by atoms with Crippen LogP contribution in [0.4, 0.5) is 0 Å². The number of likely N-dealkylation sites (tertiary alicyclic amines) is 2. The number of rotatable bonds is 4. The molecule has 5 aliphatic rings. The Morgan fingerprint density at radius 2 is 1.69 bits per heavy atom. The first kappa shape index (κ1) is 17.0. The van der Waals surface area contributed by atoms with E-state index in [1.165, 1.54) is 19.3 Å². The average molecular weight is 361 g/mol. The lowest BCUT2D eigenvalue weighted by molar-refractivity contribution is -0.135. The summed E-state index contributed by atoms with van der Waals surface area (Å²) in [6.45, 7) is 7.66. The third kappa shape index (κ3) is 2.95. The van der Waals surface area contributed by atoms with Gasteiger partial charge in [-0.05, 0) is 42.9 Å². The molecule has 2 saturated carbocycles. The minimum absolute atomic E-state index is 0.108. The Morgan fingerprint density at radius 1 is 1.00 bits per heavy atom. The Hall–Kier alpha value is -1.14. The van der Waals surface area contributed by atoms with E-state index < -0.39 is 0 Å². The third-order valence-corrected chi connectivity index (χ3v) is 7.80. The van der Waals surface area contributed by atoms with Gasteiger partial charge in [0.2, 0.25) is 11.8 Å². The molecule has 5 unspecified atom stereocenters. The summed E-state index contributed by atoms with van der Waals surface area (Å²) < 4.78 is 5.38. The molecule has 3 aliphatic heterocycles. The fourth-order valence-electron chi connectivity index (χ4n) is 6.36.